The first kappa shape index (κ1) is 19.6. The fourth-order valence-electron chi connectivity index (χ4n) is 4.37. The van der Waals surface area contributed by atoms with Crippen molar-refractivity contribution >= 4 is 29.3 Å². The summed E-state index contributed by atoms with van der Waals surface area (Å²) >= 11 is 6.25. The van der Waals surface area contributed by atoms with Gasteiger partial charge in [-0.2, -0.15) is 5.01 Å². The van der Waals surface area contributed by atoms with E-state index >= 15 is 0 Å². The Hall–Kier alpha value is -2.66. The molecule has 4 rings (SSSR count). The van der Waals surface area contributed by atoms with E-state index in [9.17, 15) is 14.4 Å². The summed E-state index contributed by atoms with van der Waals surface area (Å²) in [5.74, 6) is -1.28. The average molecular weight is 411 g/mol. The van der Waals surface area contributed by atoms with Crippen molar-refractivity contribution in [2.45, 2.75) is 32.7 Å². The molecule has 1 saturated carbocycles. The summed E-state index contributed by atoms with van der Waals surface area (Å²) in [6, 6.07) is 16.0. The Morgan fingerprint density at radius 2 is 1.66 bits per heavy atom. The van der Waals surface area contributed by atoms with Gasteiger partial charge in [0.1, 0.15) is 0 Å². The molecular weight excluding hydrogens is 388 g/mol. The number of rotatable bonds is 4. The highest BCUT2D eigenvalue weighted by molar-refractivity contribution is 6.33. The average Bonchev–Trinajstić information content (AvgIpc) is 2.96. The summed E-state index contributed by atoms with van der Waals surface area (Å²) in [7, 11) is 0. The normalized spacial score (nSPS) is 23.8. The van der Waals surface area contributed by atoms with E-state index in [0.717, 1.165) is 17.0 Å². The molecule has 6 heteroatoms. The molecule has 1 heterocycles. The minimum atomic E-state index is -0.451. The molecule has 1 saturated heterocycles. The molecule has 0 spiro atoms. The topological polar surface area (TPSA) is 57.7 Å². The first-order valence-corrected chi connectivity index (χ1v) is 10.3. The Morgan fingerprint density at radius 1 is 1.00 bits per heavy atom. The number of carbonyl (C=O) groups is 3. The Morgan fingerprint density at radius 3 is 2.38 bits per heavy atom. The number of amides is 3. The molecule has 0 aromatic heterocycles. The van der Waals surface area contributed by atoms with Crippen LogP contribution in [0.4, 0.5) is 0 Å². The van der Waals surface area contributed by atoms with Gasteiger partial charge in [0.15, 0.2) is 0 Å². The Balaban J connectivity index is 1.72. The smallest absolute Gasteiger partial charge is 0.272 e. The van der Waals surface area contributed by atoms with Crippen molar-refractivity contribution < 1.29 is 14.4 Å². The van der Waals surface area contributed by atoms with Crippen LogP contribution in [0.1, 0.15) is 42.1 Å². The first-order valence-electron chi connectivity index (χ1n) is 9.95. The molecule has 2 fully saturated rings. The molecule has 29 heavy (non-hydrogen) atoms. The van der Waals surface area contributed by atoms with E-state index in [2.05, 4.69) is 6.92 Å². The van der Waals surface area contributed by atoms with Crippen molar-refractivity contribution in [1.82, 2.24) is 10.0 Å². The zero-order valence-electron chi connectivity index (χ0n) is 16.3. The van der Waals surface area contributed by atoms with Crippen LogP contribution in [0.15, 0.2) is 54.6 Å². The highest BCUT2D eigenvalue weighted by Crippen LogP contribution is 2.41. The van der Waals surface area contributed by atoms with E-state index in [-0.39, 0.29) is 35.8 Å². The summed E-state index contributed by atoms with van der Waals surface area (Å²) in [6.07, 6.45) is 2.29. The molecule has 2 aromatic carbocycles. The number of carbonyl (C=O) groups excluding carboxylic acids is 3. The van der Waals surface area contributed by atoms with Crippen molar-refractivity contribution in [1.29, 1.82) is 0 Å². The maximum atomic E-state index is 13.4. The second kappa shape index (κ2) is 7.99. The molecule has 2 aromatic rings. The molecule has 1 aliphatic carbocycles. The molecule has 0 N–H and O–H groups in total. The van der Waals surface area contributed by atoms with Gasteiger partial charge in [0.25, 0.3) is 17.7 Å². The summed E-state index contributed by atoms with van der Waals surface area (Å²) < 4.78 is 0. The largest absolute Gasteiger partial charge is 0.274 e. The monoisotopic (exact) mass is 410 g/mol. The van der Waals surface area contributed by atoms with E-state index in [4.69, 9.17) is 11.6 Å². The third-order valence-electron chi connectivity index (χ3n) is 5.92. The van der Waals surface area contributed by atoms with Gasteiger partial charge in [-0.15, -0.1) is 0 Å². The van der Waals surface area contributed by atoms with Gasteiger partial charge in [0.2, 0.25) is 0 Å². The lowest BCUT2D eigenvalue weighted by Crippen LogP contribution is -2.49. The van der Waals surface area contributed by atoms with Gasteiger partial charge >= 0.3 is 0 Å². The number of fused-ring (bicyclic) bond motifs is 1. The lowest BCUT2D eigenvalue weighted by atomic mass is 9.76. The fraction of sp³-hybridized carbons (Fsp3) is 0.348. The van der Waals surface area contributed by atoms with E-state index < -0.39 is 5.91 Å². The maximum Gasteiger partial charge on any atom is 0.274 e. The predicted molar refractivity (Wildman–Crippen MR) is 110 cm³/mol. The van der Waals surface area contributed by atoms with Gasteiger partial charge in [0.05, 0.1) is 29.0 Å². The van der Waals surface area contributed by atoms with E-state index in [1.54, 1.807) is 24.3 Å². The lowest BCUT2D eigenvalue weighted by Gasteiger charge is -2.31. The van der Waals surface area contributed by atoms with Crippen LogP contribution in [0, 0.1) is 17.8 Å². The highest BCUT2D eigenvalue weighted by atomic mass is 35.5. The van der Waals surface area contributed by atoms with Crippen LogP contribution in [0.5, 0.6) is 0 Å². The number of imide groups is 1. The van der Waals surface area contributed by atoms with Crippen LogP contribution in [-0.2, 0) is 16.1 Å². The van der Waals surface area contributed by atoms with Crippen molar-refractivity contribution in [2.24, 2.45) is 17.8 Å². The number of nitrogens with zero attached hydrogens (tertiary/aromatic N) is 2. The molecule has 3 amide bonds. The SMILES string of the molecule is C[C@@H]1CC[C@@H]2C(=O)N(N(Cc3ccccc3)C(=O)c3ccccc3Cl)C(=O)[C@@H]2C1. The van der Waals surface area contributed by atoms with Crippen LogP contribution in [0.2, 0.25) is 5.02 Å². The van der Waals surface area contributed by atoms with E-state index in [1.807, 2.05) is 30.3 Å². The molecule has 1 aliphatic heterocycles. The van der Waals surface area contributed by atoms with E-state index in [0.29, 0.717) is 23.8 Å². The van der Waals surface area contributed by atoms with Crippen molar-refractivity contribution in [3.63, 3.8) is 0 Å². The second-order valence-corrected chi connectivity index (χ2v) is 8.35. The van der Waals surface area contributed by atoms with Crippen molar-refractivity contribution in [2.75, 3.05) is 0 Å². The molecule has 150 valence electrons. The third kappa shape index (κ3) is 3.67. The minimum Gasteiger partial charge on any atom is -0.272 e. The van der Waals surface area contributed by atoms with Crippen molar-refractivity contribution in [3.8, 4) is 0 Å². The van der Waals surface area contributed by atoms with Gasteiger partial charge in [0, 0.05) is 0 Å². The maximum absolute atomic E-state index is 13.4. The van der Waals surface area contributed by atoms with Crippen LogP contribution in [0.25, 0.3) is 0 Å². The quantitative estimate of drug-likeness (QED) is 0.705. The fourth-order valence-corrected chi connectivity index (χ4v) is 4.59. The highest BCUT2D eigenvalue weighted by Gasteiger charge is 2.52. The number of halogens is 1. The summed E-state index contributed by atoms with van der Waals surface area (Å²) in [4.78, 5) is 39.8. The van der Waals surface area contributed by atoms with Crippen molar-refractivity contribution in [3.05, 3.63) is 70.7 Å². The lowest BCUT2D eigenvalue weighted by molar-refractivity contribution is -0.155. The summed E-state index contributed by atoms with van der Waals surface area (Å²) in [6.45, 7) is 2.23. The van der Waals surface area contributed by atoms with Gasteiger partial charge in [-0.1, -0.05) is 61.0 Å². The standard InChI is InChI=1S/C23H23ClN2O3/c1-15-11-12-17-19(13-15)23(29)26(22(17)28)25(14-16-7-3-2-4-8-16)21(27)18-9-5-6-10-20(18)24/h2-10,15,17,19H,11-14H2,1H3/t15-,17+,19-/m1/s1. The van der Waals surface area contributed by atoms with Gasteiger partial charge in [-0.3, -0.25) is 14.4 Å². The Bertz CT molecular complexity index is 946. The second-order valence-electron chi connectivity index (χ2n) is 7.95. The zero-order chi connectivity index (χ0) is 20.5. The Kier molecular flexibility index (Phi) is 5.41. The predicted octanol–water partition coefficient (Wildman–Crippen LogP) is 4.32. The molecular formula is C23H23ClN2O3. The molecule has 3 atom stereocenters. The molecule has 2 aliphatic rings. The van der Waals surface area contributed by atoms with Gasteiger partial charge in [-0.25, -0.2) is 5.01 Å². The summed E-state index contributed by atoms with van der Waals surface area (Å²) in [5, 5.41) is 2.65. The molecule has 5 nitrogen and oxygen atoms in total. The number of hydrogen-bond acceptors (Lipinski definition) is 3. The molecule has 0 unspecified atom stereocenters. The number of hydrazine groups is 1. The van der Waals surface area contributed by atoms with Crippen LogP contribution in [-0.4, -0.2) is 27.7 Å². The Labute approximate surface area is 175 Å². The number of benzene rings is 2. The van der Waals surface area contributed by atoms with Crippen LogP contribution in [0.3, 0.4) is 0 Å². The number of hydrogen-bond donors (Lipinski definition) is 0. The third-order valence-corrected chi connectivity index (χ3v) is 6.25. The van der Waals surface area contributed by atoms with Gasteiger partial charge < -0.3 is 0 Å². The molecule has 0 radical (unpaired) electrons. The van der Waals surface area contributed by atoms with E-state index in [1.165, 1.54) is 5.01 Å². The minimum absolute atomic E-state index is 0.122. The summed E-state index contributed by atoms with van der Waals surface area (Å²) in [5.41, 5.74) is 1.10. The van der Waals surface area contributed by atoms with Gasteiger partial charge in [-0.05, 0) is 42.9 Å². The van der Waals surface area contributed by atoms with Crippen LogP contribution >= 0.6 is 11.6 Å². The van der Waals surface area contributed by atoms with Crippen LogP contribution < -0.4 is 0 Å². The zero-order valence-corrected chi connectivity index (χ0v) is 17.0. The first-order chi connectivity index (χ1) is 14.0. The molecule has 0 bridgehead atoms.